The van der Waals surface area contributed by atoms with Gasteiger partial charge in [-0.3, -0.25) is 9.48 Å². The van der Waals surface area contributed by atoms with E-state index in [0.717, 1.165) is 10.2 Å². The van der Waals surface area contributed by atoms with Crippen molar-refractivity contribution in [2.24, 2.45) is 4.99 Å². The van der Waals surface area contributed by atoms with E-state index in [1.165, 1.54) is 11.3 Å². The highest BCUT2D eigenvalue weighted by Crippen LogP contribution is 2.16. The van der Waals surface area contributed by atoms with Crippen LogP contribution in [-0.2, 0) is 6.54 Å². The summed E-state index contributed by atoms with van der Waals surface area (Å²) in [5.74, 6) is 2.25. The number of terminal acetylenes is 1. The first kappa shape index (κ1) is 15.3. The second-order valence-corrected chi connectivity index (χ2v) is 6.34. The van der Waals surface area contributed by atoms with Gasteiger partial charge >= 0.3 is 0 Å². The Kier molecular flexibility index (Phi) is 4.13. The SMILES string of the molecule is C#CCn1c(=NC(=O)c2ccn(C(C)C)n2)sc2ccccc21. The Labute approximate surface area is 137 Å². The summed E-state index contributed by atoms with van der Waals surface area (Å²) >= 11 is 1.45. The van der Waals surface area contributed by atoms with Crippen LogP contribution in [-0.4, -0.2) is 20.3 Å². The van der Waals surface area contributed by atoms with Gasteiger partial charge in [-0.25, -0.2) is 0 Å². The molecule has 0 saturated carbocycles. The van der Waals surface area contributed by atoms with E-state index in [1.54, 1.807) is 16.9 Å². The first-order valence-corrected chi connectivity index (χ1v) is 8.08. The lowest BCUT2D eigenvalue weighted by Gasteiger charge is -2.02. The fourth-order valence-corrected chi connectivity index (χ4v) is 3.26. The quantitative estimate of drug-likeness (QED) is 0.696. The molecule has 116 valence electrons. The number of benzene rings is 1. The molecule has 0 aliphatic heterocycles. The van der Waals surface area contributed by atoms with E-state index in [4.69, 9.17) is 6.42 Å². The van der Waals surface area contributed by atoms with Crippen LogP contribution in [0.2, 0.25) is 0 Å². The van der Waals surface area contributed by atoms with Crippen LogP contribution in [0.1, 0.15) is 30.4 Å². The van der Waals surface area contributed by atoms with Crippen LogP contribution < -0.4 is 4.80 Å². The van der Waals surface area contributed by atoms with E-state index in [-0.39, 0.29) is 11.9 Å². The fraction of sp³-hybridized carbons (Fsp3) is 0.235. The molecule has 0 radical (unpaired) electrons. The molecular weight excluding hydrogens is 308 g/mol. The van der Waals surface area contributed by atoms with Crippen molar-refractivity contribution >= 4 is 27.5 Å². The summed E-state index contributed by atoms with van der Waals surface area (Å²) in [7, 11) is 0. The van der Waals surface area contributed by atoms with Gasteiger partial charge in [0.1, 0.15) is 0 Å². The maximum Gasteiger partial charge on any atom is 0.300 e. The van der Waals surface area contributed by atoms with Crippen LogP contribution >= 0.6 is 11.3 Å². The highest BCUT2D eigenvalue weighted by molar-refractivity contribution is 7.16. The van der Waals surface area contributed by atoms with E-state index in [0.29, 0.717) is 17.0 Å². The normalized spacial score (nSPS) is 12.0. The van der Waals surface area contributed by atoms with Crippen molar-refractivity contribution < 1.29 is 4.79 Å². The van der Waals surface area contributed by atoms with E-state index < -0.39 is 0 Å². The minimum Gasteiger partial charge on any atom is -0.305 e. The van der Waals surface area contributed by atoms with Crippen molar-refractivity contribution in [3.8, 4) is 12.3 Å². The van der Waals surface area contributed by atoms with Crippen molar-refractivity contribution in [3.05, 3.63) is 47.0 Å². The minimum atomic E-state index is -0.360. The van der Waals surface area contributed by atoms with Crippen molar-refractivity contribution in [2.75, 3.05) is 0 Å². The predicted molar refractivity (Wildman–Crippen MR) is 91.2 cm³/mol. The summed E-state index contributed by atoms with van der Waals surface area (Å²) < 4.78 is 4.66. The van der Waals surface area contributed by atoms with Crippen molar-refractivity contribution in [1.29, 1.82) is 0 Å². The van der Waals surface area contributed by atoms with Gasteiger partial charge in [0.25, 0.3) is 5.91 Å². The molecular formula is C17H16N4OS. The summed E-state index contributed by atoms with van der Waals surface area (Å²) in [6, 6.07) is 9.74. The Bertz CT molecular complexity index is 968. The number of carbonyl (C=O) groups excluding carboxylic acids is 1. The molecule has 0 aliphatic rings. The third-order valence-corrected chi connectivity index (χ3v) is 4.45. The lowest BCUT2D eigenvalue weighted by atomic mass is 10.3. The molecule has 2 heterocycles. The number of rotatable bonds is 3. The minimum absolute atomic E-state index is 0.201. The van der Waals surface area contributed by atoms with Crippen LogP contribution in [0, 0.1) is 12.3 Å². The number of para-hydroxylation sites is 1. The molecule has 0 saturated heterocycles. The molecule has 0 aliphatic carbocycles. The molecule has 2 aromatic heterocycles. The largest absolute Gasteiger partial charge is 0.305 e. The maximum atomic E-state index is 12.4. The van der Waals surface area contributed by atoms with Gasteiger partial charge in [-0.15, -0.1) is 6.42 Å². The van der Waals surface area contributed by atoms with Gasteiger partial charge in [0.15, 0.2) is 10.5 Å². The Morgan fingerprint density at radius 3 is 2.87 bits per heavy atom. The molecule has 3 rings (SSSR count). The molecule has 6 heteroatoms. The molecule has 1 aromatic carbocycles. The van der Waals surface area contributed by atoms with Gasteiger partial charge in [0.05, 0.1) is 16.8 Å². The number of thiazole rings is 1. The molecule has 0 bridgehead atoms. The van der Waals surface area contributed by atoms with Crippen LogP contribution in [0.25, 0.3) is 10.2 Å². The van der Waals surface area contributed by atoms with Crippen LogP contribution in [0.4, 0.5) is 0 Å². The zero-order chi connectivity index (χ0) is 16.4. The van der Waals surface area contributed by atoms with Gasteiger partial charge in [-0.05, 0) is 32.0 Å². The van der Waals surface area contributed by atoms with Crippen LogP contribution in [0.15, 0.2) is 41.5 Å². The Hall–Kier alpha value is -2.65. The lowest BCUT2D eigenvalue weighted by Crippen LogP contribution is -2.16. The zero-order valence-electron chi connectivity index (χ0n) is 12.9. The van der Waals surface area contributed by atoms with Gasteiger partial charge in [0, 0.05) is 12.2 Å². The Morgan fingerprint density at radius 1 is 1.39 bits per heavy atom. The van der Waals surface area contributed by atoms with E-state index >= 15 is 0 Å². The van der Waals surface area contributed by atoms with Gasteiger partial charge < -0.3 is 4.57 Å². The van der Waals surface area contributed by atoms with E-state index in [2.05, 4.69) is 16.0 Å². The highest BCUT2D eigenvalue weighted by Gasteiger charge is 2.11. The predicted octanol–water partition coefficient (Wildman–Crippen LogP) is 2.85. The summed E-state index contributed by atoms with van der Waals surface area (Å²) in [5, 5.41) is 4.26. The Balaban J connectivity index is 2.07. The average molecular weight is 324 g/mol. The van der Waals surface area contributed by atoms with Crippen molar-refractivity contribution in [3.63, 3.8) is 0 Å². The van der Waals surface area contributed by atoms with Crippen molar-refractivity contribution in [1.82, 2.24) is 14.3 Å². The lowest BCUT2D eigenvalue weighted by molar-refractivity contribution is 0.0992. The first-order valence-electron chi connectivity index (χ1n) is 7.26. The standard InChI is InChI=1S/C17H16N4OS/c1-4-10-20-14-7-5-6-8-15(14)23-17(20)18-16(22)13-9-11-21(19-13)12(2)3/h1,5-9,11-12H,10H2,2-3H3. The molecule has 0 spiro atoms. The average Bonchev–Trinajstić information content (AvgIpc) is 3.14. The first-order chi connectivity index (χ1) is 11.1. The number of amides is 1. The van der Waals surface area contributed by atoms with E-state index in [1.807, 2.05) is 42.7 Å². The molecule has 0 fully saturated rings. The number of aromatic nitrogens is 3. The molecule has 3 aromatic rings. The monoisotopic (exact) mass is 324 g/mol. The van der Waals surface area contributed by atoms with Crippen molar-refractivity contribution in [2.45, 2.75) is 26.4 Å². The second-order valence-electron chi connectivity index (χ2n) is 5.33. The third kappa shape index (κ3) is 2.96. The summed E-state index contributed by atoms with van der Waals surface area (Å²) in [6.07, 6.45) is 7.24. The third-order valence-electron chi connectivity index (χ3n) is 3.39. The van der Waals surface area contributed by atoms with Gasteiger partial charge in [-0.1, -0.05) is 29.4 Å². The van der Waals surface area contributed by atoms with Gasteiger partial charge in [-0.2, -0.15) is 10.1 Å². The van der Waals surface area contributed by atoms with Crippen LogP contribution in [0.3, 0.4) is 0 Å². The van der Waals surface area contributed by atoms with Gasteiger partial charge in [0.2, 0.25) is 0 Å². The highest BCUT2D eigenvalue weighted by atomic mass is 32.1. The molecule has 0 atom stereocenters. The molecule has 1 amide bonds. The summed E-state index contributed by atoms with van der Waals surface area (Å²) in [4.78, 5) is 17.2. The number of fused-ring (bicyclic) bond motifs is 1. The molecule has 5 nitrogen and oxygen atoms in total. The summed E-state index contributed by atoms with van der Waals surface area (Å²) in [5.41, 5.74) is 1.32. The number of carbonyl (C=O) groups is 1. The molecule has 23 heavy (non-hydrogen) atoms. The second kappa shape index (κ2) is 6.23. The Morgan fingerprint density at radius 2 is 2.17 bits per heavy atom. The topological polar surface area (TPSA) is 52.2 Å². The number of nitrogens with zero attached hydrogens (tertiary/aromatic N) is 4. The smallest absolute Gasteiger partial charge is 0.300 e. The van der Waals surface area contributed by atoms with Crippen LogP contribution in [0.5, 0.6) is 0 Å². The molecule has 0 N–H and O–H groups in total. The summed E-state index contributed by atoms with van der Waals surface area (Å²) in [6.45, 7) is 4.38. The maximum absolute atomic E-state index is 12.4. The van der Waals surface area contributed by atoms with E-state index in [9.17, 15) is 4.79 Å². The number of hydrogen-bond acceptors (Lipinski definition) is 3. The fourth-order valence-electron chi connectivity index (χ4n) is 2.23. The zero-order valence-corrected chi connectivity index (χ0v) is 13.7. The molecule has 0 unspecified atom stereocenters. The number of hydrogen-bond donors (Lipinski definition) is 0.